The monoisotopic (exact) mass is 360 g/mol. The van der Waals surface area contributed by atoms with Crippen LogP contribution in [0.15, 0.2) is 16.6 Å². The molecule has 0 spiro atoms. The summed E-state index contributed by atoms with van der Waals surface area (Å²) in [6.07, 6.45) is -0.309. The Kier molecular flexibility index (Phi) is 8.68. The van der Waals surface area contributed by atoms with Crippen LogP contribution in [-0.4, -0.2) is 44.6 Å². The van der Waals surface area contributed by atoms with E-state index in [9.17, 15) is 0 Å². The van der Waals surface area contributed by atoms with E-state index in [0.717, 1.165) is 41.2 Å². The van der Waals surface area contributed by atoms with Crippen LogP contribution < -0.4 is 20.1 Å². The third kappa shape index (κ3) is 6.65. The first-order chi connectivity index (χ1) is 10.1. The van der Waals surface area contributed by atoms with Crippen molar-refractivity contribution in [1.82, 2.24) is 10.6 Å². The Hall–Kier alpha value is -0.820. The quantitative estimate of drug-likeness (QED) is 0.556. The van der Waals surface area contributed by atoms with Gasteiger partial charge in [-0.15, -0.1) is 0 Å². The predicted molar refractivity (Wildman–Crippen MR) is 88.1 cm³/mol. The van der Waals surface area contributed by atoms with E-state index in [-0.39, 0.29) is 6.10 Å². The van der Waals surface area contributed by atoms with Crippen molar-refractivity contribution in [3.05, 3.63) is 22.2 Å². The molecule has 0 bridgehead atoms. The second-order valence-corrected chi connectivity index (χ2v) is 5.63. The lowest BCUT2D eigenvalue weighted by Gasteiger charge is -2.14. The zero-order valence-corrected chi connectivity index (χ0v) is 14.5. The van der Waals surface area contributed by atoms with Gasteiger partial charge in [-0.05, 0) is 47.5 Å². The van der Waals surface area contributed by atoms with Crippen LogP contribution in [0.2, 0.25) is 0 Å². The number of halogens is 1. The van der Waals surface area contributed by atoms with Crippen molar-refractivity contribution in [3.8, 4) is 11.5 Å². The van der Waals surface area contributed by atoms with E-state index in [1.807, 2.05) is 19.1 Å². The fraction of sp³-hybridized carbons (Fsp3) is 0.600. The fourth-order valence-electron chi connectivity index (χ4n) is 1.90. The zero-order valence-electron chi connectivity index (χ0n) is 12.9. The van der Waals surface area contributed by atoms with Gasteiger partial charge in [0.05, 0.1) is 24.3 Å². The van der Waals surface area contributed by atoms with Crippen LogP contribution >= 0.6 is 15.9 Å². The molecular weight excluding hydrogens is 336 g/mol. The van der Waals surface area contributed by atoms with Crippen molar-refractivity contribution in [2.24, 2.45) is 0 Å². The van der Waals surface area contributed by atoms with Crippen molar-refractivity contribution in [2.75, 3.05) is 33.4 Å². The molecule has 1 rings (SSSR count). The van der Waals surface area contributed by atoms with Crippen molar-refractivity contribution in [3.63, 3.8) is 0 Å². The van der Waals surface area contributed by atoms with Crippen LogP contribution in [0.4, 0.5) is 0 Å². The molecule has 0 saturated heterocycles. The first-order valence-electron chi connectivity index (χ1n) is 7.17. The molecule has 0 aliphatic heterocycles. The van der Waals surface area contributed by atoms with Gasteiger partial charge in [-0.1, -0.05) is 0 Å². The number of nitrogens with one attached hydrogen (secondary N) is 2. The van der Waals surface area contributed by atoms with E-state index in [1.54, 1.807) is 14.0 Å². The van der Waals surface area contributed by atoms with Crippen LogP contribution in [0.25, 0.3) is 0 Å². The molecule has 5 nitrogen and oxygen atoms in total. The summed E-state index contributed by atoms with van der Waals surface area (Å²) in [6.45, 7) is 7.34. The van der Waals surface area contributed by atoms with Crippen molar-refractivity contribution in [2.45, 2.75) is 26.5 Å². The molecule has 1 atom stereocenters. The van der Waals surface area contributed by atoms with Crippen LogP contribution in [-0.2, 0) is 6.54 Å². The van der Waals surface area contributed by atoms with E-state index in [0.29, 0.717) is 13.2 Å². The molecule has 0 heterocycles. The van der Waals surface area contributed by atoms with Crippen LogP contribution in [0.3, 0.4) is 0 Å². The summed E-state index contributed by atoms with van der Waals surface area (Å²) < 4.78 is 11.8. The Morgan fingerprint density at radius 1 is 1.29 bits per heavy atom. The van der Waals surface area contributed by atoms with Crippen molar-refractivity contribution < 1.29 is 14.6 Å². The van der Waals surface area contributed by atoms with Crippen molar-refractivity contribution >= 4 is 15.9 Å². The van der Waals surface area contributed by atoms with Gasteiger partial charge in [0.2, 0.25) is 0 Å². The number of aliphatic hydroxyl groups is 1. The van der Waals surface area contributed by atoms with Gasteiger partial charge in [-0.3, -0.25) is 0 Å². The Morgan fingerprint density at radius 2 is 2.00 bits per heavy atom. The van der Waals surface area contributed by atoms with E-state index in [4.69, 9.17) is 14.6 Å². The van der Waals surface area contributed by atoms with Crippen LogP contribution in [0, 0.1) is 0 Å². The first kappa shape index (κ1) is 18.2. The predicted octanol–water partition coefficient (Wildman–Crippen LogP) is 1.92. The minimum atomic E-state index is -0.309. The lowest BCUT2D eigenvalue weighted by molar-refractivity contribution is 0.191. The van der Waals surface area contributed by atoms with Gasteiger partial charge in [0.25, 0.3) is 0 Å². The highest BCUT2D eigenvalue weighted by molar-refractivity contribution is 9.10. The lowest BCUT2D eigenvalue weighted by atomic mass is 10.2. The Balaban J connectivity index is 2.48. The minimum absolute atomic E-state index is 0.309. The maximum atomic E-state index is 9.13. The molecule has 0 aliphatic carbocycles. The number of hydrogen-bond acceptors (Lipinski definition) is 5. The smallest absolute Gasteiger partial charge is 0.174 e. The summed E-state index contributed by atoms with van der Waals surface area (Å²) in [5, 5.41) is 15.6. The highest BCUT2D eigenvalue weighted by atomic mass is 79.9. The second-order valence-electron chi connectivity index (χ2n) is 4.77. The number of methoxy groups -OCH3 is 1. The summed E-state index contributed by atoms with van der Waals surface area (Å²) in [5.74, 6) is 1.47. The SMILES string of the molecule is CCOc1cc(CNCCNC[C@@H](C)O)cc(Br)c1OC. The molecule has 3 N–H and O–H groups in total. The Morgan fingerprint density at radius 3 is 2.62 bits per heavy atom. The van der Waals surface area contributed by atoms with Crippen molar-refractivity contribution in [1.29, 1.82) is 0 Å². The molecule has 0 radical (unpaired) electrons. The molecule has 1 aromatic carbocycles. The van der Waals surface area contributed by atoms with Gasteiger partial charge in [-0.2, -0.15) is 0 Å². The molecule has 6 heteroatoms. The van der Waals surface area contributed by atoms with E-state index in [1.165, 1.54) is 0 Å². The average molecular weight is 361 g/mol. The van der Waals surface area contributed by atoms with Gasteiger partial charge < -0.3 is 25.2 Å². The highest BCUT2D eigenvalue weighted by Gasteiger charge is 2.10. The molecule has 0 fully saturated rings. The fourth-order valence-corrected chi connectivity index (χ4v) is 2.56. The third-order valence-electron chi connectivity index (χ3n) is 2.82. The molecule has 0 saturated carbocycles. The minimum Gasteiger partial charge on any atom is -0.492 e. The second kappa shape index (κ2) is 10.00. The largest absolute Gasteiger partial charge is 0.492 e. The molecule has 0 aliphatic rings. The molecule has 1 aromatic rings. The highest BCUT2D eigenvalue weighted by Crippen LogP contribution is 2.36. The topological polar surface area (TPSA) is 62.8 Å². The van der Waals surface area contributed by atoms with Gasteiger partial charge >= 0.3 is 0 Å². The number of benzene rings is 1. The normalized spacial score (nSPS) is 12.2. The molecule has 0 aromatic heterocycles. The first-order valence-corrected chi connectivity index (χ1v) is 7.96. The number of rotatable bonds is 10. The third-order valence-corrected chi connectivity index (χ3v) is 3.41. The number of aliphatic hydroxyl groups excluding tert-OH is 1. The summed E-state index contributed by atoms with van der Waals surface area (Å²) >= 11 is 3.51. The van der Waals surface area contributed by atoms with E-state index in [2.05, 4.69) is 26.6 Å². The van der Waals surface area contributed by atoms with E-state index >= 15 is 0 Å². The summed E-state index contributed by atoms with van der Waals surface area (Å²) in [7, 11) is 1.63. The average Bonchev–Trinajstić information content (AvgIpc) is 2.42. The summed E-state index contributed by atoms with van der Waals surface area (Å²) in [5.41, 5.74) is 1.13. The Bertz CT molecular complexity index is 428. The molecule has 120 valence electrons. The molecular formula is C15H25BrN2O3. The number of hydrogen-bond donors (Lipinski definition) is 3. The number of ether oxygens (including phenoxy) is 2. The lowest BCUT2D eigenvalue weighted by Crippen LogP contribution is -2.31. The van der Waals surface area contributed by atoms with Gasteiger partial charge in [0, 0.05) is 26.2 Å². The van der Waals surface area contributed by atoms with Crippen LogP contribution in [0.1, 0.15) is 19.4 Å². The van der Waals surface area contributed by atoms with E-state index < -0.39 is 0 Å². The summed E-state index contributed by atoms with van der Waals surface area (Å²) in [4.78, 5) is 0. The van der Waals surface area contributed by atoms with Crippen LogP contribution in [0.5, 0.6) is 11.5 Å². The molecule has 21 heavy (non-hydrogen) atoms. The summed E-state index contributed by atoms with van der Waals surface area (Å²) in [6, 6.07) is 4.01. The van der Waals surface area contributed by atoms with Gasteiger partial charge in [0.15, 0.2) is 11.5 Å². The van der Waals surface area contributed by atoms with Gasteiger partial charge in [0.1, 0.15) is 0 Å². The Labute approximate surface area is 135 Å². The molecule has 0 unspecified atom stereocenters. The standard InChI is InChI=1S/C15H25BrN2O3/c1-4-21-14-8-12(7-13(16)15(14)20-3)10-18-6-5-17-9-11(2)19/h7-8,11,17-19H,4-6,9-10H2,1-3H3/t11-/m1/s1. The zero-order chi connectivity index (χ0) is 15.7. The van der Waals surface area contributed by atoms with Gasteiger partial charge in [-0.25, -0.2) is 0 Å². The maximum Gasteiger partial charge on any atom is 0.174 e. The molecule has 0 amide bonds. The maximum absolute atomic E-state index is 9.13.